The van der Waals surface area contributed by atoms with Gasteiger partial charge in [0.2, 0.25) is 0 Å². The summed E-state index contributed by atoms with van der Waals surface area (Å²) < 4.78 is 6.35. The Balaban J connectivity index is 0.00000312. The van der Waals surface area contributed by atoms with E-state index in [1.54, 1.807) is 20.0 Å². The van der Waals surface area contributed by atoms with Crippen LogP contribution in [0.2, 0.25) is 0 Å². The first-order chi connectivity index (χ1) is 21.2. The minimum absolute atomic E-state index is 0. The molecule has 0 fully saturated rings. The predicted octanol–water partition coefficient (Wildman–Crippen LogP) is 5.93. The maximum absolute atomic E-state index is 2.81. The number of hydrogen-bond donors (Lipinski definition) is 0. The third-order valence-electron chi connectivity index (χ3n) is 10.4. The van der Waals surface area contributed by atoms with Crippen LogP contribution >= 0.6 is 0 Å². The summed E-state index contributed by atoms with van der Waals surface area (Å²) in [5, 5.41) is 0. The quantitative estimate of drug-likeness (QED) is 0.237. The van der Waals surface area contributed by atoms with Crippen LogP contribution < -0.4 is 28.1 Å². The molecule has 0 amide bonds. The van der Waals surface area contributed by atoms with E-state index in [4.69, 9.17) is 0 Å². The minimum atomic E-state index is -2.65. The van der Waals surface area contributed by atoms with E-state index in [-0.39, 0.29) is 46.5 Å². The van der Waals surface area contributed by atoms with Crippen molar-refractivity contribution in [1.29, 1.82) is 0 Å². The Kier molecular flexibility index (Phi) is 12.4. The van der Waals surface area contributed by atoms with E-state index in [0.29, 0.717) is 5.92 Å². The van der Waals surface area contributed by atoms with Gasteiger partial charge in [-0.15, -0.1) is 0 Å². The molecule has 0 saturated heterocycles. The van der Waals surface area contributed by atoms with E-state index in [0.717, 1.165) is 12.8 Å². The van der Waals surface area contributed by atoms with Gasteiger partial charge in [-0.3, -0.25) is 0 Å². The Bertz CT molecular complexity index is 1740. The van der Waals surface area contributed by atoms with Crippen molar-refractivity contribution in [1.82, 2.24) is 0 Å². The molecule has 0 spiro atoms. The Morgan fingerprint density at radius 2 is 1.19 bits per heavy atom. The van der Waals surface area contributed by atoms with Crippen molar-refractivity contribution in [3.63, 3.8) is 0 Å². The molecule has 0 aromatic heterocycles. The summed E-state index contributed by atoms with van der Waals surface area (Å²) in [5.74, 6) is 0.536. The summed E-state index contributed by atoms with van der Waals surface area (Å²) in [5.41, 5.74) is 15.6. The molecule has 3 aromatic rings. The van der Waals surface area contributed by atoms with Crippen LogP contribution in [0.4, 0.5) is 0 Å². The van der Waals surface area contributed by atoms with Gasteiger partial charge >= 0.3 is 292 Å². The van der Waals surface area contributed by atoms with Crippen molar-refractivity contribution in [3.8, 4) is 11.1 Å². The molecular weight excluding hydrogens is 703 g/mol. The van der Waals surface area contributed by atoms with Crippen molar-refractivity contribution in [2.75, 3.05) is 0 Å². The molecule has 1 atom stereocenters. The smallest absolute Gasteiger partial charge is 1.00 e. The number of allylic oxidation sites excluding steroid dienone is 4. The monoisotopic (exact) mass is 760 g/mol. The van der Waals surface area contributed by atoms with E-state index < -0.39 is 21.3 Å². The Morgan fingerprint density at radius 3 is 1.69 bits per heavy atom. The molecule has 2 aliphatic rings. The SMILES string of the molecule is CCC1=[C](/[Zr+2](=[CH]/c2ccc(C(C)(C)C)cc2)[c]2cc(C(C)(C)C)cc3c2Cc2ccc(C(C)(C)C)cc2-3)C(CC)C=C1C(C)(C)C.[Cl-].[Cl-]. The van der Waals surface area contributed by atoms with Crippen LogP contribution in [0.15, 0.2) is 75.1 Å². The number of hydrogen-bond acceptors (Lipinski definition) is 0. The first kappa shape index (κ1) is 40.9. The van der Waals surface area contributed by atoms with Gasteiger partial charge in [-0.05, 0) is 0 Å². The van der Waals surface area contributed by atoms with Gasteiger partial charge in [-0.1, -0.05) is 0 Å². The Labute approximate surface area is 314 Å². The number of benzene rings is 3. The fourth-order valence-corrected chi connectivity index (χ4v) is 15.6. The molecule has 0 saturated carbocycles. The minimum Gasteiger partial charge on any atom is -1.00 e. The van der Waals surface area contributed by atoms with Crippen LogP contribution in [-0.2, 0) is 43.9 Å². The zero-order chi connectivity index (χ0) is 34.0. The van der Waals surface area contributed by atoms with Gasteiger partial charge in [0, 0.05) is 0 Å². The van der Waals surface area contributed by atoms with Gasteiger partial charge < -0.3 is 24.8 Å². The second kappa shape index (κ2) is 14.6. The van der Waals surface area contributed by atoms with Crippen molar-refractivity contribution in [2.45, 2.75) is 132 Å². The Morgan fingerprint density at radius 1 is 0.646 bits per heavy atom. The summed E-state index contributed by atoms with van der Waals surface area (Å²) in [6, 6.07) is 22.2. The third kappa shape index (κ3) is 8.16. The van der Waals surface area contributed by atoms with Crippen LogP contribution in [0, 0.1) is 11.3 Å². The maximum atomic E-state index is 2.81. The second-order valence-corrected chi connectivity index (χ2v) is 23.5. The van der Waals surface area contributed by atoms with Crippen molar-refractivity contribution in [2.24, 2.45) is 11.3 Å². The Hall–Kier alpha value is -1.53. The average Bonchev–Trinajstić information content (AvgIpc) is 3.52. The second-order valence-electron chi connectivity index (χ2n) is 18.1. The topological polar surface area (TPSA) is 0 Å². The predicted molar refractivity (Wildman–Crippen MR) is 201 cm³/mol. The van der Waals surface area contributed by atoms with E-state index in [1.807, 2.05) is 3.28 Å². The van der Waals surface area contributed by atoms with Crippen molar-refractivity contribution in [3.05, 3.63) is 108 Å². The fourth-order valence-electron chi connectivity index (χ4n) is 7.48. The van der Waals surface area contributed by atoms with Gasteiger partial charge in [0.1, 0.15) is 0 Å². The summed E-state index contributed by atoms with van der Waals surface area (Å²) >= 11 is -2.65. The number of fused-ring (bicyclic) bond motifs is 3. The van der Waals surface area contributed by atoms with Crippen LogP contribution in [0.5, 0.6) is 0 Å². The van der Waals surface area contributed by atoms with Gasteiger partial charge in [-0.2, -0.15) is 0 Å². The molecule has 0 nitrogen and oxygen atoms in total. The molecule has 5 rings (SSSR count). The largest absolute Gasteiger partial charge is 1.00 e. The molecule has 0 aliphatic heterocycles. The van der Waals surface area contributed by atoms with E-state index in [1.165, 1.54) is 45.4 Å². The zero-order valence-electron chi connectivity index (χ0n) is 32.3. The average molecular weight is 763 g/mol. The molecule has 258 valence electrons. The van der Waals surface area contributed by atoms with Crippen LogP contribution in [0.3, 0.4) is 0 Å². The third-order valence-corrected chi connectivity index (χ3v) is 17.5. The molecule has 0 radical (unpaired) electrons. The number of rotatable bonds is 5. The molecule has 3 aromatic carbocycles. The normalized spacial score (nSPS) is 16.3. The van der Waals surface area contributed by atoms with Gasteiger partial charge in [0.15, 0.2) is 0 Å². The molecule has 3 heteroatoms. The van der Waals surface area contributed by atoms with Crippen LogP contribution in [0.1, 0.15) is 143 Å². The molecule has 2 aliphatic carbocycles. The van der Waals surface area contributed by atoms with Crippen molar-refractivity contribution >= 4 is 6.98 Å². The summed E-state index contributed by atoms with van der Waals surface area (Å²) in [6.45, 7) is 33.3. The standard InChI is InChI=1S/C21H25.C13H21.C11H14.2ClH.Zr/c1-20(2,3)16-9-7-14-11-15-8-10-17(21(4,5)6)13-19(15)18(14)12-16;1-6-10-8-11(7-2)12(9-10)13(3,4)5;1-9-5-7-10(8-6-9)11(2,3)4;;;/h7,9-10,12-13H,11H2,1-6H3;9-10H,6-7H2,1-5H3;1,5-8H,2-4H3;2*1H;/q;;;;;+2/p-2. The summed E-state index contributed by atoms with van der Waals surface area (Å²) in [6.07, 6.45) is 6.03. The van der Waals surface area contributed by atoms with Gasteiger partial charge in [-0.25, -0.2) is 0 Å². The van der Waals surface area contributed by atoms with Crippen molar-refractivity contribution < 1.29 is 46.1 Å². The van der Waals surface area contributed by atoms with E-state index >= 15 is 0 Å². The van der Waals surface area contributed by atoms with E-state index in [2.05, 4.69) is 161 Å². The van der Waals surface area contributed by atoms with Crippen LogP contribution in [0.25, 0.3) is 11.1 Å². The summed E-state index contributed by atoms with van der Waals surface area (Å²) in [7, 11) is 0. The zero-order valence-corrected chi connectivity index (χ0v) is 36.3. The molecule has 1 unspecified atom stereocenters. The van der Waals surface area contributed by atoms with E-state index in [9.17, 15) is 0 Å². The first-order valence-corrected chi connectivity index (χ1v) is 21.7. The maximum Gasteiger partial charge on any atom is -1.00 e. The first-order valence-electron chi connectivity index (χ1n) is 17.8. The van der Waals surface area contributed by atoms with Crippen LogP contribution in [-0.4, -0.2) is 3.71 Å². The number of halogens is 2. The molecule has 0 heterocycles. The van der Waals surface area contributed by atoms with Gasteiger partial charge in [0.25, 0.3) is 0 Å². The molecule has 48 heavy (non-hydrogen) atoms. The molecule has 0 N–H and O–H groups in total. The molecule has 0 bridgehead atoms. The summed E-state index contributed by atoms with van der Waals surface area (Å²) in [4.78, 5) is 0. The fraction of sp³-hybridized carbons (Fsp3) is 0.489. The van der Waals surface area contributed by atoms with Gasteiger partial charge in [0.05, 0.1) is 0 Å². The molecular formula is C45H60Cl2Zr.